The fourth-order valence-electron chi connectivity index (χ4n) is 3.76. The molecule has 30 heavy (non-hydrogen) atoms. The molecule has 2 fully saturated rings. The number of nitrogens with zero attached hydrogens (tertiary/aromatic N) is 2. The molecule has 11 heteroatoms. The van der Waals surface area contributed by atoms with Crippen LogP contribution in [0.25, 0.3) is 0 Å². The van der Waals surface area contributed by atoms with Crippen LogP contribution in [0.2, 0.25) is 10.0 Å². The van der Waals surface area contributed by atoms with Gasteiger partial charge in [-0.2, -0.15) is 0 Å². The topological polar surface area (TPSA) is 125 Å². The molecule has 0 bridgehead atoms. The first-order valence-electron chi connectivity index (χ1n) is 9.59. The van der Waals surface area contributed by atoms with Crippen LogP contribution in [0, 0.1) is 0 Å². The summed E-state index contributed by atoms with van der Waals surface area (Å²) < 4.78 is 0. The van der Waals surface area contributed by atoms with Crippen molar-refractivity contribution in [1.82, 2.24) is 15.5 Å². The SMILES string of the molecule is NC(=O)CCC1(CCC(=O)N2CCN(c3cc(Cl)cc(Cl)c3)CC2)NC(=O)NC1=O. The van der Waals surface area contributed by atoms with Gasteiger partial charge in [-0.1, -0.05) is 23.2 Å². The fraction of sp³-hybridized carbons (Fsp3) is 0.474. The van der Waals surface area contributed by atoms with Crippen molar-refractivity contribution in [3.05, 3.63) is 28.2 Å². The molecule has 0 saturated carbocycles. The van der Waals surface area contributed by atoms with Crippen LogP contribution in [-0.4, -0.2) is 60.4 Å². The number of nitrogens with two attached hydrogens (primary N) is 1. The zero-order valence-electron chi connectivity index (χ0n) is 16.2. The molecule has 0 aliphatic carbocycles. The molecule has 1 aromatic carbocycles. The zero-order chi connectivity index (χ0) is 21.9. The Morgan fingerprint density at radius 2 is 1.60 bits per heavy atom. The van der Waals surface area contributed by atoms with Gasteiger partial charge in [-0.05, 0) is 31.0 Å². The maximum absolute atomic E-state index is 12.7. The first kappa shape index (κ1) is 22.2. The Labute approximate surface area is 183 Å². The molecule has 1 atom stereocenters. The molecule has 2 aliphatic rings. The molecule has 2 saturated heterocycles. The molecule has 1 aromatic rings. The van der Waals surface area contributed by atoms with Crippen LogP contribution < -0.4 is 21.3 Å². The van der Waals surface area contributed by atoms with Gasteiger partial charge in [0.15, 0.2) is 0 Å². The van der Waals surface area contributed by atoms with E-state index in [0.29, 0.717) is 36.2 Å². The van der Waals surface area contributed by atoms with E-state index in [4.69, 9.17) is 28.9 Å². The summed E-state index contributed by atoms with van der Waals surface area (Å²) in [6, 6.07) is 4.69. The Morgan fingerprint density at radius 3 is 2.13 bits per heavy atom. The number of carbonyl (C=O) groups is 4. The quantitative estimate of drug-likeness (QED) is 0.533. The van der Waals surface area contributed by atoms with E-state index in [2.05, 4.69) is 15.5 Å². The standard InChI is InChI=1S/C19H23Cl2N5O4/c20-12-9-13(21)11-14(10-12)25-5-7-26(8-6-25)16(28)2-4-19(3-1-15(22)27)17(29)23-18(30)24-19/h9-11H,1-8H2,(H2,22,27)(H2,23,24,29,30). The zero-order valence-corrected chi connectivity index (χ0v) is 17.8. The summed E-state index contributed by atoms with van der Waals surface area (Å²) in [5.41, 5.74) is 4.79. The predicted molar refractivity (Wildman–Crippen MR) is 112 cm³/mol. The minimum Gasteiger partial charge on any atom is -0.370 e. The second kappa shape index (κ2) is 9.09. The highest BCUT2D eigenvalue weighted by molar-refractivity contribution is 6.35. The molecule has 9 nitrogen and oxygen atoms in total. The number of hydrogen-bond acceptors (Lipinski definition) is 5. The number of hydrogen-bond donors (Lipinski definition) is 3. The third kappa shape index (κ3) is 5.14. The predicted octanol–water partition coefficient (Wildman–Crippen LogP) is 1.27. The van der Waals surface area contributed by atoms with Crippen LogP contribution in [0.15, 0.2) is 18.2 Å². The van der Waals surface area contributed by atoms with Gasteiger partial charge in [0.05, 0.1) is 0 Å². The van der Waals surface area contributed by atoms with Gasteiger partial charge >= 0.3 is 6.03 Å². The maximum atomic E-state index is 12.7. The summed E-state index contributed by atoms with van der Waals surface area (Å²) in [5, 5.41) is 5.83. The van der Waals surface area contributed by atoms with Crippen molar-refractivity contribution in [3.8, 4) is 0 Å². The Balaban J connectivity index is 1.56. The number of piperazine rings is 1. The molecule has 1 unspecified atom stereocenters. The van der Waals surface area contributed by atoms with Gasteiger partial charge < -0.3 is 20.9 Å². The van der Waals surface area contributed by atoms with E-state index >= 15 is 0 Å². The van der Waals surface area contributed by atoms with Crippen molar-refractivity contribution in [1.29, 1.82) is 0 Å². The number of benzene rings is 1. The lowest BCUT2D eigenvalue weighted by atomic mass is 9.88. The van der Waals surface area contributed by atoms with E-state index in [1.54, 1.807) is 11.0 Å². The summed E-state index contributed by atoms with van der Waals surface area (Å²) in [4.78, 5) is 51.5. The summed E-state index contributed by atoms with van der Waals surface area (Å²) >= 11 is 12.1. The third-order valence-electron chi connectivity index (χ3n) is 5.42. The highest BCUT2D eigenvalue weighted by atomic mass is 35.5. The maximum Gasteiger partial charge on any atom is 0.322 e. The smallest absolute Gasteiger partial charge is 0.322 e. The molecule has 4 N–H and O–H groups in total. The molecule has 162 valence electrons. The first-order chi connectivity index (χ1) is 14.2. The lowest BCUT2D eigenvalue weighted by Crippen LogP contribution is -2.51. The number of rotatable bonds is 7. The summed E-state index contributed by atoms with van der Waals surface area (Å²) in [6.07, 6.45) is 0.148. The lowest BCUT2D eigenvalue weighted by molar-refractivity contribution is -0.132. The molecule has 0 spiro atoms. The van der Waals surface area contributed by atoms with Crippen LogP contribution in [0.5, 0.6) is 0 Å². The molecule has 5 amide bonds. The van der Waals surface area contributed by atoms with E-state index in [-0.39, 0.29) is 31.6 Å². The molecule has 0 aromatic heterocycles. The fourth-order valence-corrected chi connectivity index (χ4v) is 4.27. The summed E-state index contributed by atoms with van der Waals surface area (Å²) in [6.45, 7) is 2.25. The van der Waals surface area contributed by atoms with Gasteiger partial charge in [0.2, 0.25) is 11.8 Å². The van der Waals surface area contributed by atoms with Crippen LogP contribution in [0.1, 0.15) is 25.7 Å². The van der Waals surface area contributed by atoms with E-state index in [0.717, 1.165) is 5.69 Å². The highest BCUT2D eigenvalue weighted by Gasteiger charge is 2.46. The summed E-state index contributed by atoms with van der Waals surface area (Å²) in [7, 11) is 0. The van der Waals surface area contributed by atoms with Crippen LogP contribution in [-0.2, 0) is 14.4 Å². The van der Waals surface area contributed by atoms with E-state index in [1.165, 1.54) is 0 Å². The minimum atomic E-state index is -1.29. The van der Waals surface area contributed by atoms with Crippen LogP contribution in [0.4, 0.5) is 10.5 Å². The van der Waals surface area contributed by atoms with Gasteiger partial charge in [-0.3, -0.25) is 19.7 Å². The van der Waals surface area contributed by atoms with Crippen LogP contribution >= 0.6 is 23.2 Å². The number of imide groups is 1. The number of halogens is 2. The van der Waals surface area contributed by atoms with Crippen molar-refractivity contribution in [3.63, 3.8) is 0 Å². The van der Waals surface area contributed by atoms with Gasteiger partial charge in [-0.25, -0.2) is 4.79 Å². The molecule has 2 aliphatic heterocycles. The lowest BCUT2D eigenvalue weighted by Gasteiger charge is -2.36. The molecular weight excluding hydrogens is 433 g/mol. The number of nitrogens with one attached hydrogen (secondary N) is 2. The van der Waals surface area contributed by atoms with E-state index < -0.39 is 23.4 Å². The van der Waals surface area contributed by atoms with Crippen molar-refractivity contribution < 1.29 is 19.2 Å². The number of anilines is 1. The van der Waals surface area contributed by atoms with Gasteiger partial charge in [0.1, 0.15) is 5.54 Å². The van der Waals surface area contributed by atoms with Crippen molar-refractivity contribution >= 4 is 52.6 Å². The first-order valence-corrected chi connectivity index (χ1v) is 10.3. The highest BCUT2D eigenvalue weighted by Crippen LogP contribution is 2.27. The van der Waals surface area contributed by atoms with Gasteiger partial charge in [0, 0.05) is 54.8 Å². The third-order valence-corrected chi connectivity index (χ3v) is 5.86. The van der Waals surface area contributed by atoms with E-state index in [1.807, 2.05) is 12.1 Å². The average Bonchev–Trinajstić information content (AvgIpc) is 2.97. The minimum absolute atomic E-state index is 0.0521. The second-order valence-corrected chi connectivity index (χ2v) is 8.33. The van der Waals surface area contributed by atoms with Gasteiger partial charge in [0.25, 0.3) is 5.91 Å². The number of amides is 5. The number of urea groups is 1. The summed E-state index contributed by atoms with van der Waals surface area (Å²) in [5.74, 6) is -1.23. The monoisotopic (exact) mass is 455 g/mol. The van der Waals surface area contributed by atoms with Crippen molar-refractivity contribution in [2.24, 2.45) is 5.73 Å². The molecule has 3 rings (SSSR count). The Morgan fingerprint density at radius 1 is 1.00 bits per heavy atom. The average molecular weight is 456 g/mol. The Hall–Kier alpha value is -2.52. The largest absolute Gasteiger partial charge is 0.370 e. The van der Waals surface area contributed by atoms with Gasteiger partial charge in [-0.15, -0.1) is 0 Å². The van der Waals surface area contributed by atoms with Crippen molar-refractivity contribution in [2.45, 2.75) is 31.2 Å². The number of primary amides is 1. The van der Waals surface area contributed by atoms with Crippen molar-refractivity contribution in [2.75, 3.05) is 31.1 Å². The molecular formula is C19H23Cl2N5O4. The molecule has 2 heterocycles. The normalized spacial score (nSPS) is 21.4. The van der Waals surface area contributed by atoms with Crippen LogP contribution in [0.3, 0.4) is 0 Å². The Bertz CT molecular complexity index is 852. The number of carbonyl (C=O) groups excluding carboxylic acids is 4. The Kier molecular flexibility index (Phi) is 6.72. The molecule has 0 radical (unpaired) electrons. The van der Waals surface area contributed by atoms with E-state index in [9.17, 15) is 19.2 Å². The second-order valence-electron chi connectivity index (χ2n) is 7.45.